The van der Waals surface area contributed by atoms with Crippen LogP contribution in [0.4, 0.5) is 0 Å². The summed E-state index contributed by atoms with van der Waals surface area (Å²) in [7, 11) is 3.14. The highest BCUT2D eigenvalue weighted by atomic mass is 16.5. The van der Waals surface area contributed by atoms with Gasteiger partial charge in [0.25, 0.3) is 5.56 Å². The van der Waals surface area contributed by atoms with E-state index in [4.69, 9.17) is 9.47 Å². The van der Waals surface area contributed by atoms with Crippen LogP contribution >= 0.6 is 0 Å². The molecule has 0 atom stereocenters. The molecule has 2 heterocycles. The average Bonchev–Trinajstić information content (AvgIpc) is 2.89. The van der Waals surface area contributed by atoms with Gasteiger partial charge in [-0.1, -0.05) is 36.4 Å². The molecule has 0 bridgehead atoms. The Morgan fingerprint density at radius 3 is 2.43 bits per heavy atom. The van der Waals surface area contributed by atoms with Gasteiger partial charge in [-0.2, -0.15) is 0 Å². The number of ether oxygens (including phenoxy) is 2. The van der Waals surface area contributed by atoms with Crippen LogP contribution in [0.5, 0.6) is 11.5 Å². The number of nitrogens with zero attached hydrogens (tertiary/aromatic N) is 3. The number of nitrogens with one attached hydrogen (secondary N) is 1. The summed E-state index contributed by atoms with van der Waals surface area (Å²) in [5.74, 6) is 0.899. The molecule has 0 aliphatic rings. The van der Waals surface area contributed by atoms with Crippen molar-refractivity contribution in [3.63, 3.8) is 0 Å². The Morgan fingerprint density at radius 1 is 0.914 bits per heavy atom. The molecule has 9 heteroatoms. The molecular weight excluding hydrogens is 448 g/mol. The van der Waals surface area contributed by atoms with Crippen LogP contribution in [-0.2, 0) is 24.3 Å². The molecule has 2 aromatic carbocycles. The lowest BCUT2D eigenvalue weighted by Crippen LogP contribution is -2.43. The predicted octanol–water partition coefficient (Wildman–Crippen LogP) is 1.98. The summed E-state index contributed by atoms with van der Waals surface area (Å²) in [6.45, 7) is 0.219. The van der Waals surface area contributed by atoms with Crippen molar-refractivity contribution in [2.24, 2.45) is 0 Å². The fraction of sp³-hybridized carbons (Fsp3) is 0.231. The van der Waals surface area contributed by atoms with Crippen molar-refractivity contribution in [2.45, 2.75) is 19.5 Å². The van der Waals surface area contributed by atoms with Crippen LogP contribution in [0.3, 0.4) is 0 Å². The molecule has 2 aromatic heterocycles. The lowest BCUT2D eigenvalue weighted by atomic mass is 10.1. The van der Waals surface area contributed by atoms with Crippen LogP contribution in [0.2, 0.25) is 0 Å². The first-order valence-electron chi connectivity index (χ1n) is 11.1. The highest BCUT2D eigenvalue weighted by Crippen LogP contribution is 2.27. The molecule has 35 heavy (non-hydrogen) atoms. The first-order valence-corrected chi connectivity index (χ1v) is 11.1. The number of fused-ring (bicyclic) bond motifs is 1. The van der Waals surface area contributed by atoms with E-state index in [2.05, 4.69) is 10.3 Å². The monoisotopic (exact) mass is 474 g/mol. The zero-order chi connectivity index (χ0) is 24.8. The molecule has 0 fully saturated rings. The number of carbonyl (C=O) groups is 1. The number of rotatable bonds is 9. The van der Waals surface area contributed by atoms with Gasteiger partial charge in [-0.05, 0) is 41.8 Å². The second kappa shape index (κ2) is 10.7. The third-order valence-electron chi connectivity index (χ3n) is 5.66. The normalized spacial score (nSPS) is 10.8. The molecule has 0 saturated heterocycles. The van der Waals surface area contributed by atoms with E-state index >= 15 is 0 Å². The van der Waals surface area contributed by atoms with Crippen molar-refractivity contribution in [3.05, 3.63) is 98.8 Å². The molecule has 0 aliphatic carbocycles. The summed E-state index contributed by atoms with van der Waals surface area (Å²) in [6.07, 6.45) is 2.06. The molecule has 180 valence electrons. The van der Waals surface area contributed by atoms with E-state index in [1.54, 1.807) is 26.4 Å². The van der Waals surface area contributed by atoms with Crippen LogP contribution in [-0.4, -0.2) is 40.8 Å². The Labute approximate surface area is 201 Å². The van der Waals surface area contributed by atoms with Crippen LogP contribution < -0.4 is 26.0 Å². The minimum Gasteiger partial charge on any atom is -0.493 e. The highest BCUT2D eigenvalue weighted by molar-refractivity contribution is 5.79. The molecule has 1 amide bonds. The van der Waals surface area contributed by atoms with Crippen molar-refractivity contribution < 1.29 is 14.3 Å². The molecule has 0 unspecified atom stereocenters. The van der Waals surface area contributed by atoms with Gasteiger partial charge in [-0.25, -0.2) is 9.78 Å². The number of aromatic nitrogens is 3. The predicted molar refractivity (Wildman–Crippen MR) is 132 cm³/mol. The zero-order valence-corrected chi connectivity index (χ0v) is 19.6. The molecule has 1 N–H and O–H groups in total. The SMILES string of the molecule is COc1ccc(CCNC(=O)Cn2c(=O)n(Cc3ccccc3)c(=O)c3ncccc32)cc1OC. The maximum atomic E-state index is 13.3. The van der Waals surface area contributed by atoms with Gasteiger partial charge < -0.3 is 14.8 Å². The van der Waals surface area contributed by atoms with Crippen LogP contribution in [0.15, 0.2) is 76.4 Å². The molecule has 0 saturated carbocycles. The summed E-state index contributed by atoms with van der Waals surface area (Å²) in [5.41, 5.74) is 1.18. The fourth-order valence-corrected chi connectivity index (χ4v) is 3.88. The van der Waals surface area contributed by atoms with Gasteiger partial charge in [0.05, 0.1) is 26.3 Å². The minimum absolute atomic E-state index is 0.0892. The largest absolute Gasteiger partial charge is 0.493 e. The Balaban J connectivity index is 1.54. The molecule has 0 spiro atoms. The molecule has 0 radical (unpaired) electrons. The van der Waals surface area contributed by atoms with E-state index in [-0.39, 0.29) is 24.5 Å². The molecule has 4 rings (SSSR count). The maximum absolute atomic E-state index is 13.3. The maximum Gasteiger partial charge on any atom is 0.332 e. The van der Waals surface area contributed by atoms with E-state index in [0.29, 0.717) is 30.0 Å². The van der Waals surface area contributed by atoms with E-state index < -0.39 is 11.2 Å². The van der Waals surface area contributed by atoms with Crippen molar-refractivity contribution in [1.29, 1.82) is 0 Å². The van der Waals surface area contributed by atoms with Gasteiger partial charge in [-0.3, -0.25) is 18.7 Å². The minimum atomic E-state index is -0.561. The quantitative estimate of drug-likeness (QED) is 0.398. The van der Waals surface area contributed by atoms with Gasteiger partial charge in [0.15, 0.2) is 17.0 Å². The van der Waals surface area contributed by atoms with E-state index in [1.165, 1.54) is 10.8 Å². The summed E-state index contributed by atoms with van der Waals surface area (Å²) in [4.78, 5) is 43.2. The van der Waals surface area contributed by atoms with Crippen LogP contribution in [0.1, 0.15) is 11.1 Å². The lowest BCUT2D eigenvalue weighted by molar-refractivity contribution is -0.121. The Kier molecular flexibility index (Phi) is 7.25. The molecule has 9 nitrogen and oxygen atoms in total. The summed E-state index contributed by atoms with van der Waals surface area (Å²) >= 11 is 0. The number of carbonyl (C=O) groups excluding carboxylic acids is 1. The summed E-state index contributed by atoms with van der Waals surface area (Å²) < 4.78 is 13.0. The second-order valence-corrected chi connectivity index (χ2v) is 7.91. The van der Waals surface area contributed by atoms with Crippen molar-refractivity contribution >= 4 is 16.9 Å². The second-order valence-electron chi connectivity index (χ2n) is 7.91. The molecule has 0 aliphatic heterocycles. The van der Waals surface area contributed by atoms with Crippen molar-refractivity contribution in [1.82, 2.24) is 19.4 Å². The number of methoxy groups -OCH3 is 2. The fourth-order valence-electron chi connectivity index (χ4n) is 3.88. The van der Waals surface area contributed by atoms with E-state index in [0.717, 1.165) is 15.7 Å². The molecule has 4 aromatic rings. The summed E-state index contributed by atoms with van der Waals surface area (Å²) in [5, 5.41) is 2.84. The van der Waals surface area contributed by atoms with E-state index in [9.17, 15) is 14.4 Å². The van der Waals surface area contributed by atoms with Gasteiger partial charge in [0.2, 0.25) is 5.91 Å². The summed E-state index contributed by atoms with van der Waals surface area (Å²) in [6, 6.07) is 18.0. The third-order valence-corrected chi connectivity index (χ3v) is 5.66. The van der Waals surface area contributed by atoms with Gasteiger partial charge in [0, 0.05) is 12.7 Å². The molecular formula is C26H26N4O5. The smallest absolute Gasteiger partial charge is 0.332 e. The number of benzene rings is 2. The number of hydrogen-bond donors (Lipinski definition) is 1. The Morgan fingerprint density at radius 2 is 1.69 bits per heavy atom. The number of hydrogen-bond acceptors (Lipinski definition) is 6. The number of amides is 1. The topological polar surface area (TPSA) is 104 Å². The Bertz CT molecular complexity index is 1460. The standard InChI is InChI=1S/C26H26N4O5/c1-34-21-11-10-18(15-22(21)35-2)12-14-27-23(31)17-29-20-9-6-13-28-24(20)25(32)30(26(29)33)16-19-7-4-3-5-8-19/h3-11,13,15H,12,14,16-17H2,1-2H3,(H,27,31). The van der Waals surface area contributed by atoms with Gasteiger partial charge in [0.1, 0.15) is 6.54 Å². The lowest BCUT2D eigenvalue weighted by Gasteiger charge is -2.14. The van der Waals surface area contributed by atoms with Gasteiger partial charge >= 0.3 is 5.69 Å². The number of pyridine rings is 1. The average molecular weight is 475 g/mol. The first-order chi connectivity index (χ1) is 17.0. The zero-order valence-electron chi connectivity index (χ0n) is 19.6. The van der Waals surface area contributed by atoms with Crippen molar-refractivity contribution in [2.75, 3.05) is 20.8 Å². The van der Waals surface area contributed by atoms with Gasteiger partial charge in [-0.15, -0.1) is 0 Å². The Hall–Kier alpha value is -4.40. The van der Waals surface area contributed by atoms with Crippen LogP contribution in [0.25, 0.3) is 11.0 Å². The van der Waals surface area contributed by atoms with E-state index in [1.807, 2.05) is 48.5 Å². The van der Waals surface area contributed by atoms with Crippen molar-refractivity contribution in [3.8, 4) is 11.5 Å². The first kappa shape index (κ1) is 23.7. The van der Waals surface area contributed by atoms with Crippen LogP contribution in [0, 0.1) is 0 Å². The third kappa shape index (κ3) is 5.24. The highest BCUT2D eigenvalue weighted by Gasteiger charge is 2.16.